The zero-order chi connectivity index (χ0) is 25.7. The Morgan fingerprint density at radius 2 is 2.03 bits per heavy atom. The molecule has 5 N–H and O–H groups in total. The van der Waals surface area contributed by atoms with Crippen LogP contribution in [0.25, 0.3) is 22.2 Å². The second kappa shape index (κ2) is 9.19. The lowest BCUT2D eigenvalue weighted by molar-refractivity contribution is -0.0317. The molecule has 2 fully saturated rings. The van der Waals surface area contributed by atoms with E-state index in [-0.39, 0.29) is 13.0 Å². The number of pyridine rings is 1. The van der Waals surface area contributed by atoms with Gasteiger partial charge in [0.15, 0.2) is 6.23 Å². The van der Waals surface area contributed by atoms with Crippen LogP contribution in [-0.2, 0) is 4.74 Å². The van der Waals surface area contributed by atoms with Gasteiger partial charge in [0.25, 0.3) is 0 Å². The van der Waals surface area contributed by atoms with Crippen LogP contribution in [0.5, 0.6) is 5.75 Å². The van der Waals surface area contributed by atoms with Crippen molar-refractivity contribution in [3.8, 4) is 17.0 Å². The van der Waals surface area contributed by atoms with E-state index in [9.17, 15) is 0 Å². The van der Waals surface area contributed by atoms with E-state index in [0.29, 0.717) is 40.3 Å². The minimum atomic E-state index is -1.28. The number of aromatic nitrogens is 4. The summed E-state index contributed by atoms with van der Waals surface area (Å²) in [5.41, 5.74) is 15.3. The minimum Gasteiger partial charge on any atom is -0.491 e. The third-order valence-corrected chi connectivity index (χ3v) is 7.30. The SMILES string of the molecule is CC(=N)c1c(-c2ccn(C3CCC3)n2)cn([C@@H]2O[C@H](COc3ccc4ccc(N)nc4c3)C[C@@H]2F)c1N. The Hall–Kier alpha value is -3.92. The molecule has 3 atom stereocenters. The maximum atomic E-state index is 15.2. The lowest BCUT2D eigenvalue weighted by atomic mass is 9.93. The fourth-order valence-electron chi connectivity index (χ4n) is 5.12. The third-order valence-electron chi connectivity index (χ3n) is 7.30. The van der Waals surface area contributed by atoms with E-state index in [1.165, 1.54) is 6.42 Å². The molecular formula is C27H30FN7O2. The Morgan fingerprint density at radius 1 is 1.22 bits per heavy atom. The Labute approximate surface area is 213 Å². The number of nitrogens with two attached hydrogens (primary N) is 2. The van der Waals surface area contributed by atoms with Crippen LogP contribution in [0.15, 0.2) is 48.8 Å². The third kappa shape index (κ3) is 4.31. The lowest BCUT2D eigenvalue weighted by Crippen LogP contribution is -2.20. The highest BCUT2D eigenvalue weighted by atomic mass is 19.1. The zero-order valence-corrected chi connectivity index (χ0v) is 20.6. The van der Waals surface area contributed by atoms with Gasteiger partial charge in [-0.15, -0.1) is 0 Å². The number of hydrogen-bond acceptors (Lipinski definition) is 7. The number of nitrogens with one attached hydrogen (secondary N) is 1. The van der Waals surface area contributed by atoms with Crippen LogP contribution in [-0.4, -0.2) is 43.9 Å². The molecule has 10 heteroatoms. The van der Waals surface area contributed by atoms with Gasteiger partial charge in [0.2, 0.25) is 0 Å². The van der Waals surface area contributed by atoms with Gasteiger partial charge in [0.05, 0.1) is 23.4 Å². The van der Waals surface area contributed by atoms with Crippen molar-refractivity contribution in [3.05, 3.63) is 54.4 Å². The van der Waals surface area contributed by atoms with Crippen LogP contribution < -0.4 is 16.2 Å². The molecule has 0 unspecified atom stereocenters. The lowest BCUT2D eigenvalue weighted by Gasteiger charge is -2.25. The van der Waals surface area contributed by atoms with Crippen molar-refractivity contribution in [1.82, 2.24) is 19.3 Å². The summed E-state index contributed by atoms with van der Waals surface area (Å²) >= 11 is 0. The molecule has 4 aromatic rings. The van der Waals surface area contributed by atoms with E-state index in [0.717, 1.165) is 29.4 Å². The standard InChI is InChI=1S/C27H30FN7O2/c1-15(29)25-20(22-9-10-35(33-22)17-3-2-4-17)13-34(26(25)31)27-21(28)11-19(37-27)14-36-18-7-5-16-6-8-24(30)32-23(16)12-18/h5-10,12-13,17,19,21,27,29H,2-4,11,14,31H2,1H3,(H2,30,32)/t19-,21-,27+/m0/s1. The second-order valence-electron chi connectivity index (χ2n) is 9.90. The second-order valence-corrected chi connectivity index (χ2v) is 9.90. The monoisotopic (exact) mass is 503 g/mol. The van der Waals surface area contributed by atoms with Crippen molar-refractivity contribution in [3.63, 3.8) is 0 Å². The average Bonchev–Trinajstić information content (AvgIpc) is 3.53. The fourth-order valence-corrected chi connectivity index (χ4v) is 5.12. The summed E-state index contributed by atoms with van der Waals surface area (Å²) in [6, 6.07) is 11.6. The van der Waals surface area contributed by atoms with Crippen molar-refractivity contribution in [2.75, 3.05) is 18.1 Å². The van der Waals surface area contributed by atoms with Crippen LogP contribution in [0.3, 0.4) is 0 Å². The number of rotatable bonds is 7. The molecule has 0 radical (unpaired) electrons. The van der Waals surface area contributed by atoms with E-state index in [4.69, 9.17) is 31.4 Å². The maximum absolute atomic E-state index is 15.2. The van der Waals surface area contributed by atoms with Gasteiger partial charge in [-0.3, -0.25) is 4.68 Å². The predicted molar refractivity (Wildman–Crippen MR) is 141 cm³/mol. The van der Waals surface area contributed by atoms with Crippen molar-refractivity contribution in [1.29, 1.82) is 5.41 Å². The molecule has 1 aliphatic carbocycles. The molecule has 9 nitrogen and oxygen atoms in total. The topological polar surface area (TPSA) is 130 Å². The van der Waals surface area contributed by atoms with Gasteiger partial charge in [-0.25, -0.2) is 9.37 Å². The Bertz CT molecular complexity index is 1470. The Morgan fingerprint density at radius 3 is 2.78 bits per heavy atom. The highest BCUT2D eigenvalue weighted by Crippen LogP contribution is 2.39. The van der Waals surface area contributed by atoms with Crippen LogP contribution in [0.1, 0.15) is 50.4 Å². The number of hydrogen-bond donors (Lipinski definition) is 3. The van der Waals surface area contributed by atoms with Crippen molar-refractivity contribution >= 4 is 28.3 Å². The molecular weight excluding hydrogens is 473 g/mol. The van der Waals surface area contributed by atoms with Crippen LogP contribution in [0.2, 0.25) is 0 Å². The van der Waals surface area contributed by atoms with Gasteiger partial charge >= 0.3 is 0 Å². The molecule has 0 bridgehead atoms. The van der Waals surface area contributed by atoms with E-state index in [2.05, 4.69) is 4.98 Å². The van der Waals surface area contributed by atoms with Crippen molar-refractivity contribution in [2.45, 2.75) is 57.2 Å². The van der Waals surface area contributed by atoms with Crippen molar-refractivity contribution < 1.29 is 13.9 Å². The first-order valence-electron chi connectivity index (χ1n) is 12.6. The highest BCUT2D eigenvalue weighted by Gasteiger charge is 2.39. The number of fused-ring (bicyclic) bond motifs is 1. The van der Waals surface area contributed by atoms with E-state index < -0.39 is 18.5 Å². The van der Waals surface area contributed by atoms with E-state index in [1.54, 1.807) is 23.8 Å². The first kappa shape index (κ1) is 23.5. The summed E-state index contributed by atoms with van der Waals surface area (Å²) in [6.07, 6.45) is 4.69. The molecule has 4 heterocycles. The number of ether oxygens (including phenoxy) is 2. The Balaban J connectivity index is 1.20. The number of alkyl halides is 1. The van der Waals surface area contributed by atoms with Crippen LogP contribution in [0, 0.1) is 5.41 Å². The molecule has 1 aromatic carbocycles. The summed E-state index contributed by atoms with van der Waals surface area (Å²) in [4.78, 5) is 4.32. The zero-order valence-electron chi connectivity index (χ0n) is 20.6. The van der Waals surface area contributed by atoms with Crippen LogP contribution >= 0.6 is 0 Å². The van der Waals surface area contributed by atoms with E-state index >= 15 is 4.39 Å². The Kier molecular flexibility index (Phi) is 5.83. The number of halogens is 1. The van der Waals surface area contributed by atoms with E-state index in [1.807, 2.05) is 41.2 Å². The number of nitrogens with zero attached hydrogens (tertiary/aromatic N) is 4. The first-order chi connectivity index (χ1) is 17.9. The summed E-state index contributed by atoms with van der Waals surface area (Å²) in [7, 11) is 0. The largest absolute Gasteiger partial charge is 0.491 e. The summed E-state index contributed by atoms with van der Waals surface area (Å²) in [6.45, 7) is 1.86. The summed E-state index contributed by atoms with van der Waals surface area (Å²) in [5.74, 6) is 1.34. The minimum absolute atomic E-state index is 0.172. The molecule has 1 aliphatic heterocycles. The number of benzene rings is 1. The van der Waals surface area contributed by atoms with Crippen LogP contribution in [0.4, 0.5) is 16.0 Å². The van der Waals surface area contributed by atoms with Gasteiger partial charge in [0, 0.05) is 47.1 Å². The maximum Gasteiger partial charge on any atom is 0.167 e. The van der Waals surface area contributed by atoms with Gasteiger partial charge in [0.1, 0.15) is 30.2 Å². The fraction of sp³-hybridized carbons (Fsp3) is 0.370. The quantitative estimate of drug-likeness (QED) is 0.308. The highest BCUT2D eigenvalue weighted by molar-refractivity contribution is 6.06. The molecule has 1 saturated carbocycles. The van der Waals surface area contributed by atoms with Gasteiger partial charge in [-0.2, -0.15) is 5.10 Å². The summed E-state index contributed by atoms with van der Waals surface area (Å²) in [5, 5.41) is 14.0. The smallest absolute Gasteiger partial charge is 0.167 e. The number of nitrogen functional groups attached to an aromatic ring is 2. The average molecular weight is 504 g/mol. The molecule has 0 spiro atoms. The van der Waals surface area contributed by atoms with Gasteiger partial charge in [-0.05, 0) is 56.5 Å². The van der Waals surface area contributed by atoms with Gasteiger partial charge in [-0.1, -0.05) is 0 Å². The molecule has 0 amide bonds. The molecule has 2 aliphatic rings. The molecule has 1 saturated heterocycles. The molecule has 6 rings (SSSR count). The molecule has 37 heavy (non-hydrogen) atoms. The predicted octanol–water partition coefficient (Wildman–Crippen LogP) is 4.88. The summed E-state index contributed by atoms with van der Waals surface area (Å²) < 4.78 is 30.8. The van der Waals surface area contributed by atoms with Gasteiger partial charge < -0.3 is 30.9 Å². The molecule has 3 aromatic heterocycles. The normalized spacial score (nSPS) is 21.8. The molecule has 192 valence electrons. The first-order valence-corrected chi connectivity index (χ1v) is 12.6. The van der Waals surface area contributed by atoms with Crippen molar-refractivity contribution in [2.24, 2.45) is 0 Å². The number of anilines is 2.